The van der Waals surface area contributed by atoms with Crippen LogP contribution in [0, 0.1) is 0 Å². The lowest BCUT2D eigenvalue weighted by molar-refractivity contribution is 0.680. The molecule has 4 heteroatoms. The average Bonchev–Trinajstić information content (AvgIpc) is 3.25. The molecular weight excluding hydrogens is 278 g/mol. The number of H-pyrrole nitrogens is 1. The molecule has 21 heavy (non-hydrogen) atoms. The molecule has 0 aliphatic heterocycles. The molecule has 3 nitrogen and oxygen atoms in total. The van der Waals surface area contributed by atoms with E-state index in [2.05, 4.69) is 45.6 Å². The van der Waals surface area contributed by atoms with Crippen LogP contribution in [0.5, 0.6) is 0 Å². The van der Waals surface area contributed by atoms with Gasteiger partial charge in [-0.05, 0) is 36.6 Å². The zero-order valence-corrected chi connectivity index (χ0v) is 12.5. The first-order valence-electron chi connectivity index (χ1n) is 7.32. The van der Waals surface area contributed by atoms with E-state index in [1.54, 1.807) is 11.8 Å². The van der Waals surface area contributed by atoms with E-state index < -0.39 is 0 Å². The van der Waals surface area contributed by atoms with Crippen LogP contribution < -0.4 is 5.32 Å². The molecule has 1 aliphatic rings. The molecule has 1 aliphatic carbocycles. The minimum atomic E-state index is 0.731. The monoisotopic (exact) mass is 295 g/mol. The predicted molar refractivity (Wildman–Crippen MR) is 86.5 cm³/mol. The van der Waals surface area contributed by atoms with Gasteiger partial charge < -0.3 is 10.3 Å². The van der Waals surface area contributed by atoms with Gasteiger partial charge >= 0.3 is 0 Å². The second kappa shape index (κ2) is 5.54. The Morgan fingerprint density at radius 1 is 1.10 bits per heavy atom. The third kappa shape index (κ3) is 2.96. The third-order valence-corrected chi connectivity index (χ3v) is 4.71. The Hall–Kier alpha value is -1.78. The van der Waals surface area contributed by atoms with Gasteiger partial charge in [-0.25, -0.2) is 4.98 Å². The highest BCUT2D eigenvalue weighted by Gasteiger charge is 2.20. The van der Waals surface area contributed by atoms with Gasteiger partial charge in [0, 0.05) is 17.5 Å². The Morgan fingerprint density at radius 3 is 2.76 bits per heavy atom. The minimum absolute atomic E-state index is 0.731. The normalized spacial score (nSPS) is 14.7. The number of imidazole rings is 1. The summed E-state index contributed by atoms with van der Waals surface area (Å²) in [6.07, 6.45) is 2.64. The van der Waals surface area contributed by atoms with Gasteiger partial charge in [-0.3, -0.25) is 0 Å². The van der Waals surface area contributed by atoms with Gasteiger partial charge in [0.15, 0.2) is 5.16 Å². The summed E-state index contributed by atoms with van der Waals surface area (Å²) < 4.78 is 0. The van der Waals surface area contributed by atoms with Crippen molar-refractivity contribution in [3.8, 4) is 0 Å². The first-order valence-corrected chi connectivity index (χ1v) is 8.14. The fraction of sp³-hybridized carbons (Fsp3) is 0.235. The van der Waals surface area contributed by atoms with E-state index in [0.717, 1.165) is 28.8 Å². The molecule has 1 aromatic heterocycles. The molecule has 106 valence electrons. The number of aromatic amines is 1. The van der Waals surface area contributed by atoms with Crippen molar-refractivity contribution in [1.82, 2.24) is 15.3 Å². The second-order valence-corrected chi connectivity index (χ2v) is 6.45. The summed E-state index contributed by atoms with van der Waals surface area (Å²) in [6.45, 7) is 0.939. The van der Waals surface area contributed by atoms with Crippen molar-refractivity contribution in [3.05, 3.63) is 54.1 Å². The maximum absolute atomic E-state index is 4.64. The first kappa shape index (κ1) is 12.9. The van der Waals surface area contributed by atoms with Crippen molar-refractivity contribution in [2.45, 2.75) is 35.5 Å². The summed E-state index contributed by atoms with van der Waals surface area (Å²) in [5, 5.41) is 4.54. The smallest absolute Gasteiger partial charge is 0.171 e. The van der Waals surface area contributed by atoms with E-state index in [4.69, 9.17) is 0 Å². The molecule has 4 rings (SSSR count). The number of nitrogens with one attached hydrogen (secondary N) is 2. The lowest BCUT2D eigenvalue weighted by atomic mass is 10.2. The van der Waals surface area contributed by atoms with Crippen LogP contribution in [0.3, 0.4) is 0 Å². The summed E-state index contributed by atoms with van der Waals surface area (Å²) in [7, 11) is 0. The van der Waals surface area contributed by atoms with Crippen molar-refractivity contribution >= 4 is 22.8 Å². The van der Waals surface area contributed by atoms with E-state index >= 15 is 0 Å². The standard InChI is InChI=1S/C17H17N3S/c1-4-8-16(12(5-1)11-18-13-9-10-13)21-17-19-14-6-2-3-7-15(14)20-17/h1-8,13,18H,9-11H2,(H,19,20). The van der Waals surface area contributed by atoms with Gasteiger partial charge in [-0.15, -0.1) is 0 Å². The summed E-state index contributed by atoms with van der Waals surface area (Å²) in [5.41, 5.74) is 3.46. The van der Waals surface area contributed by atoms with E-state index in [9.17, 15) is 0 Å². The summed E-state index contributed by atoms with van der Waals surface area (Å²) in [6, 6.07) is 17.4. The molecule has 0 atom stereocenters. The van der Waals surface area contributed by atoms with Crippen molar-refractivity contribution in [3.63, 3.8) is 0 Å². The number of rotatable bonds is 5. The number of hydrogen-bond donors (Lipinski definition) is 2. The maximum Gasteiger partial charge on any atom is 0.171 e. The molecule has 0 radical (unpaired) electrons. The second-order valence-electron chi connectivity index (χ2n) is 5.42. The van der Waals surface area contributed by atoms with Crippen LogP contribution >= 0.6 is 11.8 Å². The molecule has 1 heterocycles. The molecule has 0 amide bonds. The number of benzene rings is 2. The quantitative estimate of drug-likeness (QED) is 0.748. The van der Waals surface area contributed by atoms with E-state index in [-0.39, 0.29) is 0 Å². The fourth-order valence-electron chi connectivity index (χ4n) is 2.37. The van der Waals surface area contributed by atoms with Crippen LogP contribution in [-0.2, 0) is 6.54 Å². The number of para-hydroxylation sites is 2. The molecular formula is C17H17N3S. The topological polar surface area (TPSA) is 40.7 Å². The van der Waals surface area contributed by atoms with Crippen molar-refractivity contribution < 1.29 is 0 Å². The summed E-state index contributed by atoms with van der Waals surface area (Å²) in [5.74, 6) is 0. The van der Waals surface area contributed by atoms with Crippen molar-refractivity contribution in [1.29, 1.82) is 0 Å². The van der Waals surface area contributed by atoms with Crippen molar-refractivity contribution in [2.24, 2.45) is 0 Å². The molecule has 2 N–H and O–H groups in total. The first-order chi connectivity index (χ1) is 10.4. The highest BCUT2D eigenvalue weighted by Crippen LogP contribution is 2.30. The molecule has 0 saturated heterocycles. The number of fused-ring (bicyclic) bond motifs is 1. The van der Waals surface area contributed by atoms with Crippen LogP contribution in [0.1, 0.15) is 18.4 Å². The molecule has 0 spiro atoms. The van der Waals surface area contributed by atoms with E-state index in [1.807, 2.05) is 18.2 Å². The van der Waals surface area contributed by atoms with Crippen LogP contribution in [0.4, 0.5) is 0 Å². The molecule has 1 saturated carbocycles. The Kier molecular flexibility index (Phi) is 3.41. The zero-order valence-electron chi connectivity index (χ0n) is 11.7. The van der Waals surface area contributed by atoms with Gasteiger partial charge in [0.05, 0.1) is 11.0 Å². The maximum atomic E-state index is 4.64. The van der Waals surface area contributed by atoms with Crippen LogP contribution in [-0.4, -0.2) is 16.0 Å². The zero-order chi connectivity index (χ0) is 14.1. The van der Waals surface area contributed by atoms with Crippen molar-refractivity contribution in [2.75, 3.05) is 0 Å². The number of hydrogen-bond acceptors (Lipinski definition) is 3. The Morgan fingerprint density at radius 2 is 1.90 bits per heavy atom. The van der Waals surface area contributed by atoms with Gasteiger partial charge in [-0.2, -0.15) is 0 Å². The van der Waals surface area contributed by atoms with Gasteiger partial charge in [0.25, 0.3) is 0 Å². The predicted octanol–water partition coefficient (Wildman–Crippen LogP) is 3.97. The molecule has 2 aromatic carbocycles. The lowest BCUT2D eigenvalue weighted by Gasteiger charge is -2.08. The minimum Gasteiger partial charge on any atom is -0.333 e. The van der Waals surface area contributed by atoms with E-state index in [0.29, 0.717) is 0 Å². The summed E-state index contributed by atoms with van der Waals surface area (Å²) in [4.78, 5) is 9.29. The molecule has 3 aromatic rings. The Labute approximate surface area is 128 Å². The highest BCUT2D eigenvalue weighted by atomic mass is 32.2. The Bertz CT molecular complexity index is 728. The Balaban J connectivity index is 1.57. The molecule has 0 bridgehead atoms. The number of nitrogens with zero attached hydrogens (tertiary/aromatic N) is 1. The summed E-state index contributed by atoms with van der Waals surface area (Å²) >= 11 is 1.71. The lowest BCUT2D eigenvalue weighted by Crippen LogP contribution is -2.15. The van der Waals surface area contributed by atoms with E-state index in [1.165, 1.54) is 23.3 Å². The van der Waals surface area contributed by atoms with Crippen LogP contribution in [0.25, 0.3) is 11.0 Å². The SMILES string of the molecule is c1ccc(Sc2nc3ccccc3[nH]2)c(CNC2CC2)c1. The van der Waals surface area contributed by atoms with Crippen LogP contribution in [0.2, 0.25) is 0 Å². The van der Waals surface area contributed by atoms with Gasteiger partial charge in [-0.1, -0.05) is 42.1 Å². The third-order valence-electron chi connectivity index (χ3n) is 3.71. The molecule has 0 unspecified atom stereocenters. The van der Waals surface area contributed by atoms with Crippen LogP contribution in [0.15, 0.2) is 58.6 Å². The molecule has 1 fully saturated rings. The number of aromatic nitrogens is 2. The average molecular weight is 295 g/mol. The highest BCUT2D eigenvalue weighted by molar-refractivity contribution is 7.99. The van der Waals surface area contributed by atoms with Gasteiger partial charge in [0.2, 0.25) is 0 Å². The van der Waals surface area contributed by atoms with Gasteiger partial charge in [0.1, 0.15) is 0 Å². The largest absolute Gasteiger partial charge is 0.333 e. The fourth-order valence-corrected chi connectivity index (χ4v) is 3.30.